The summed E-state index contributed by atoms with van der Waals surface area (Å²) in [5, 5.41) is 1.66. The van der Waals surface area contributed by atoms with Gasteiger partial charge >= 0.3 is 0 Å². The zero-order valence-electron chi connectivity index (χ0n) is 6.90. The maximum absolute atomic E-state index is 12.9. The van der Waals surface area contributed by atoms with E-state index < -0.39 is 6.17 Å². The lowest BCUT2D eigenvalue weighted by molar-refractivity contribution is 0.111. The smallest absolute Gasteiger partial charge is 0.168 e. The van der Waals surface area contributed by atoms with Crippen molar-refractivity contribution in [3.8, 4) is 0 Å². The summed E-state index contributed by atoms with van der Waals surface area (Å²) in [6, 6.07) is 1.60. The average molecular weight is 177 g/mol. The van der Waals surface area contributed by atoms with E-state index in [1.54, 1.807) is 18.3 Å². The maximum atomic E-state index is 12.9. The molecule has 2 nitrogen and oxygen atoms in total. The normalized spacial score (nSPS) is 19.6. The van der Waals surface area contributed by atoms with Crippen LogP contribution < -0.4 is 10.4 Å². The fourth-order valence-corrected chi connectivity index (χ4v) is 1.38. The molecule has 0 amide bonds. The zero-order chi connectivity index (χ0) is 9.26. The van der Waals surface area contributed by atoms with E-state index in [1.165, 1.54) is 6.08 Å². The molecule has 0 radical (unpaired) electrons. The fourth-order valence-electron chi connectivity index (χ4n) is 1.38. The Bertz CT molecular complexity index is 452. The molecule has 0 spiro atoms. The first-order valence-electron chi connectivity index (χ1n) is 4.07. The van der Waals surface area contributed by atoms with Crippen LogP contribution >= 0.6 is 0 Å². The first kappa shape index (κ1) is 8.10. The molecule has 1 heterocycles. The van der Waals surface area contributed by atoms with E-state index in [4.69, 9.17) is 0 Å². The number of halogens is 1. The van der Waals surface area contributed by atoms with Gasteiger partial charge in [-0.05, 0) is 22.6 Å². The van der Waals surface area contributed by atoms with Gasteiger partial charge in [0.2, 0.25) is 0 Å². The van der Waals surface area contributed by atoms with Crippen LogP contribution in [0.3, 0.4) is 0 Å². The maximum Gasteiger partial charge on any atom is 0.168 e. The average Bonchev–Trinajstić information content (AvgIpc) is 2.16. The van der Waals surface area contributed by atoms with Gasteiger partial charge in [0.25, 0.3) is 0 Å². The number of aromatic nitrogens is 1. The van der Waals surface area contributed by atoms with Crippen molar-refractivity contribution in [2.24, 2.45) is 0 Å². The summed E-state index contributed by atoms with van der Waals surface area (Å²) in [5.74, 6) is 0. The molecular formula is C10H8FNO. The summed E-state index contributed by atoms with van der Waals surface area (Å²) in [4.78, 5) is 14.3. The number of carbonyl (C=O) groups is 1. The number of fused-ring (bicyclic) bond motifs is 1. The molecule has 1 aliphatic carbocycles. The molecule has 1 unspecified atom stereocenters. The number of aldehydes is 1. The number of pyridine rings is 1. The van der Waals surface area contributed by atoms with Crippen LogP contribution in [0.25, 0.3) is 12.2 Å². The van der Waals surface area contributed by atoms with Gasteiger partial charge < -0.3 is 0 Å². The Morgan fingerprint density at radius 3 is 3.15 bits per heavy atom. The highest BCUT2D eigenvalue weighted by Gasteiger charge is 2.04. The lowest BCUT2D eigenvalue weighted by atomic mass is 10.1. The molecule has 1 atom stereocenters. The lowest BCUT2D eigenvalue weighted by Gasteiger charge is -2.03. The Labute approximate surface area is 74.4 Å². The summed E-state index contributed by atoms with van der Waals surface area (Å²) in [5.41, 5.74) is 0.345. The van der Waals surface area contributed by atoms with Crippen molar-refractivity contribution in [3.63, 3.8) is 0 Å². The second-order valence-corrected chi connectivity index (χ2v) is 2.98. The van der Waals surface area contributed by atoms with Gasteiger partial charge in [-0.2, -0.15) is 0 Å². The minimum atomic E-state index is -0.936. The summed E-state index contributed by atoms with van der Waals surface area (Å²) >= 11 is 0. The number of hydrogen-bond donors (Lipinski definition) is 0. The third-order valence-corrected chi connectivity index (χ3v) is 2.03. The quantitative estimate of drug-likeness (QED) is 0.573. The SMILES string of the molecule is O=Cc1cc2c(cn1)=CCC(F)C=2. The van der Waals surface area contributed by atoms with Gasteiger partial charge in [-0.25, -0.2) is 4.39 Å². The van der Waals surface area contributed by atoms with E-state index >= 15 is 0 Å². The van der Waals surface area contributed by atoms with Crippen molar-refractivity contribution in [2.45, 2.75) is 12.6 Å². The summed E-state index contributed by atoms with van der Waals surface area (Å²) < 4.78 is 12.9. The lowest BCUT2D eigenvalue weighted by Crippen LogP contribution is -2.30. The van der Waals surface area contributed by atoms with E-state index in [9.17, 15) is 9.18 Å². The second kappa shape index (κ2) is 3.09. The predicted molar refractivity (Wildman–Crippen MR) is 47.3 cm³/mol. The van der Waals surface area contributed by atoms with Crippen LogP contribution in [0.1, 0.15) is 16.9 Å². The van der Waals surface area contributed by atoms with E-state index in [1.807, 2.05) is 0 Å². The minimum absolute atomic E-state index is 0.345. The molecular weight excluding hydrogens is 169 g/mol. The number of alkyl halides is 1. The third kappa shape index (κ3) is 1.49. The molecule has 0 aliphatic heterocycles. The fraction of sp³-hybridized carbons (Fsp3) is 0.200. The Morgan fingerprint density at radius 2 is 2.38 bits per heavy atom. The number of nitrogens with zero attached hydrogens (tertiary/aromatic N) is 1. The number of rotatable bonds is 1. The molecule has 1 aromatic rings. The predicted octanol–water partition coefficient (Wildman–Crippen LogP) is 0.197. The van der Waals surface area contributed by atoms with Gasteiger partial charge in [-0.15, -0.1) is 0 Å². The van der Waals surface area contributed by atoms with Crippen molar-refractivity contribution in [3.05, 3.63) is 28.4 Å². The molecule has 0 fully saturated rings. The molecule has 1 aliphatic rings. The highest BCUT2D eigenvalue weighted by atomic mass is 19.1. The van der Waals surface area contributed by atoms with Crippen LogP contribution in [-0.4, -0.2) is 17.4 Å². The third-order valence-electron chi connectivity index (χ3n) is 2.03. The molecule has 13 heavy (non-hydrogen) atoms. The highest BCUT2D eigenvalue weighted by Crippen LogP contribution is 2.02. The van der Waals surface area contributed by atoms with Crippen LogP contribution in [0.4, 0.5) is 4.39 Å². The molecule has 2 rings (SSSR count). The summed E-state index contributed by atoms with van der Waals surface area (Å²) in [7, 11) is 0. The van der Waals surface area contributed by atoms with Crippen LogP contribution in [0.2, 0.25) is 0 Å². The molecule has 66 valence electrons. The van der Waals surface area contributed by atoms with E-state index in [2.05, 4.69) is 4.98 Å². The van der Waals surface area contributed by atoms with Crippen LogP contribution in [-0.2, 0) is 0 Å². The van der Waals surface area contributed by atoms with Crippen LogP contribution in [0.5, 0.6) is 0 Å². The standard InChI is InChI=1S/C10H8FNO/c11-9-2-1-7-5-12-10(6-13)4-8(7)3-9/h1,3-6,9H,2H2. The van der Waals surface area contributed by atoms with Gasteiger partial charge in [0, 0.05) is 12.6 Å². The Balaban J connectivity index is 2.68. The van der Waals surface area contributed by atoms with Crippen molar-refractivity contribution < 1.29 is 9.18 Å². The van der Waals surface area contributed by atoms with Gasteiger partial charge in [0.05, 0.1) is 0 Å². The van der Waals surface area contributed by atoms with Crippen molar-refractivity contribution in [1.29, 1.82) is 0 Å². The zero-order valence-corrected chi connectivity index (χ0v) is 6.90. The largest absolute Gasteiger partial charge is 0.296 e. The molecule has 0 saturated carbocycles. The van der Waals surface area contributed by atoms with E-state index in [-0.39, 0.29) is 0 Å². The van der Waals surface area contributed by atoms with Gasteiger partial charge in [-0.3, -0.25) is 9.78 Å². The Hall–Kier alpha value is -1.51. The molecule has 1 aromatic heterocycles. The first-order valence-corrected chi connectivity index (χ1v) is 4.07. The van der Waals surface area contributed by atoms with Gasteiger partial charge in [0.15, 0.2) is 6.29 Å². The van der Waals surface area contributed by atoms with Gasteiger partial charge in [0.1, 0.15) is 11.9 Å². The van der Waals surface area contributed by atoms with Crippen LogP contribution in [0.15, 0.2) is 12.3 Å². The van der Waals surface area contributed by atoms with Gasteiger partial charge in [-0.1, -0.05) is 6.08 Å². The Kier molecular flexibility index (Phi) is 1.93. The van der Waals surface area contributed by atoms with E-state index in [0.29, 0.717) is 18.4 Å². The number of hydrogen-bond acceptors (Lipinski definition) is 2. The molecule has 0 saturated heterocycles. The summed E-state index contributed by atoms with van der Waals surface area (Å²) in [6.45, 7) is 0. The molecule has 0 bridgehead atoms. The molecule has 3 heteroatoms. The minimum Gasteiger partial charge on any atom is -0.296 e. The van der Waals surface area contributed by atoms with Crippen LogP contribution in [0, 0.1) is 0 Å². The summed E-state index contributed by atoms with van der Waals surface area (Å²) in [6.07, 6.45) is 5.03. The van der Waals surface area contributed by atoms with E-state index in [0.717, 1.165) is 10.4 Å². The topological polar surface area (TPSA) is 30.0 Å². The second-order valence-electron chi connectivity index (χ2n) is 2.98. The Morgan fingerprint density at radius 1 is 1.54 bits per heavy atom. The van der Waals surface area contributed by atoms with Crippen molar-refractivity contribution in [1.82, 2.24) is 4.98 Å². The van der Waals surface area contributed by atoms with Crippen molar-refractivity contribution in [2.75, 3.05) is 0 Å². The molecule has 0 aromatic carbocycles. The monoisotopic (exact) mass is 177 g/mol. The highest BCUT2D eigenvalue weighted by molar-refractivity contribution is 5.71. The van der Waals surface area contributed by atoms with Crippen molar-refractivity contribution >= 4 is 18.4 Å². The number of carbonyl (C=O) groups excluding carboxylic acids is 1. The molecule has 0 N–H and O–H groups in total. The first-order chi connectivity index (χ1) is 6.29.